The minimum atomic E-state index is -1.08. The lowest BCUT2D eigenvalue weighted by atomic mass is 10.0. The van der Waals surface area contributed by atoms with Crippen molar-refractivity contribution in [3.8, 4) is 11.5 Å². The van der Waals surface area contributed by atoms with Crippen LogP contribution in [0.1, 0.15) is 11.1 Å². The van der Waals surface area contributed by atoms with Gasteiger partial charge in [0.05, 0.1) is 13.4 Å². The Hall–Kier alpha value is -2.95. The molecule has 5 heteroatoms. The van der Waals surface area contributed by atoms with Crippen LogP contribution >= 0.6 is 0 Å². The second kappa shape index (κ2) is 7.17. The van der Waals surface area contributed by atoms with Crippen molar-refractivity contribution in [2.75, 3.05) is 7.11 Å². The Kier molecular flexibility index (Phi) is 5.03. The summed E-state index contributed by atoms with van der Waals surface area (Å²) in [6.45, 7) is 0.175. The molecular formula is C17H16O5. The molecule has 0 saturated heterocycles. The van der Waals surface area contributed by atoms with Crippen molar-refractivity contribution in [1.82, 2.24) is 0 Å². The number of hydrogen-bond acceptors (Lipinski definition) is 4. The number of ether oxygens (including phenoxy) is 2. The SMILES string of the molecule is CO/C=C(/C(=O)O)c1ccccc1COc1cccc(O)c1. The second-order valence-corrected chi connectivity index (χ2v) is 4.52. The van der Waals surface area contributed by atoms with Crippen LogP contribution in [0.4, 0.5) is 0 Å². The molecule has 0 radical (unpaired) electrons. The van der Waals surface area contributed by atoms with Gasteiger partial charge in [-0.3, -0.25) is 0 Å². The lowest BCUT2D eigenvalue weighted by Gasteiger charge is -2.11. The predicted octanol–water partition coefficient (Wildman–Crippen LogP) is 3.04. The van der Waals surface area contributed by atoms with E-state index in [4.69, 9.17) is 9.47 Å². The van der Waals surface area contributed by atoms with Gasteiger partial charge in [0.15, 0.2) is 0 Å². The van der Waals surface area contributed by atoms with Crippen LogP contribution in [0, 0.1) is 0 Å². The predicted molar refractivity (Wildman–Crippen MR) is 81.5 cm³/mol. The van der Waals surface area contributed by atoms with Gasteiger partial charge in [0.2, 0.25) is 0 Å². The first-order chi connectivity index (χ1) is 10.6. The minimum Gasteiger partial charge on any atom is -0.508 e. The number of methoxy groups -OCH3 is 1. The van der Waals surface area contributed by atoms with E-state index in [1.54, 1.807) is 42.5 Å². The summed E-state index contributed by atoms with van der Waals surface area (Å²) in [6.07, 6.45) is 1.19. The summed E-state index contributed by atoms with van der Waals surface area (Å²) in [7, 11) is 1.40. The molecule has 0 aliphatic carbocycles. The summed E-state index contributed by atoms with van der Waals surface area (Å²) in [5.74, 6) is -0.467. The van der Waals surface area contributed by atoms with E-state index in [9.17, 15) is 15.0 Å². The molecule has 0 aromatic heterocycles. The summed E-state index contributed by atoms with van der Waals surface area (Å²) in [5, 5.41) is 18.7. The van der Waals surface area contributed by atoms with Crippen molar-refractivity contribution in [3.05, 3.63) is 65.9 Å². The number of phenols is 1. The standard InChI is InChI=1S/C17H16O5/c1-21-11-16(17(19)20)15-8-3-2-5-12(15)10-22-14-7-4-6-13(18)9-14/h2-9,11,18H,10H2,1H3,(H,19,20)/b16-11+. The van der Waals surface area contributed by atoms with E-state index in [-0.39, 0.29) is 17.9 Å². The van der Waals surface area contributed by atoms with Crippen LogP contribution in [-0.2, 0) is 16.1 Å². The lowest BCUT2D eigenvalue weighted by Crippen LogP contribution is -2.06. The van der Waals surface area contributed by atoms with Crippen molar-refractivity contribution >= 4 is 11.5 Å². The summed E-state index contributed by atoms with van der Waals surface area (Å²) < 4.78 is 10.4. The van der Waals surface area contributed by atoms with Gasteiger partial charge in [0, 0.05) is 6.07 Å². The summed E-state index contributed by atoms with van der Waals surface area (Å²) >= 11 is 0. The fraction of sp³-hybridized carbons (Fsp3) is 0.118. The first-order valence-corrected chi connectivity index (χ1v) is 6.58. The zero-order valence-electron chi connectivity index (χ0n) is 12.0. The average molecular weight is 300 g/mol. The zero-order valence-corrected chi connectivity index (χ0v) is 12.0. The van der Waals surface area contributed by atoms with Gasteiger partial charge in [-0.05, 0) is 23.3 Å². The summed E-state index contributed by atoms with van der Waals surface area (Å²) in [5.41, 5.74) is 1.28. The molecule has 0 atom stereocenters. The van der Waals surface area contributed by atoms with Gasteiger partial charge in [-0.25, -0.2) is 4.79 Å². The van der Waals surface area contributed by atoms with Gasteiger partial charge in [0.25, 0.3) is 0 Å². The number of carboxylic acids is 1. The molecule has 5 nitrogen and oxygen atoms in total. The van der Waals surface area contributed by atoms with Gasteiger partial charge < -0.3 is 19.7 Å². The quantitative estimate of drug-likeness (QED) is 0.633. The number of hydrogen-bond donors (Lipinski definition) is 2. The van der Waals surface area contributed by atoms with E-state index in [0.29, 0.717) is 16.9 Å². The van der Waals surface area contributed by atoms with Crippen molar-refractivity contribution < 1.29 is 24.5 Å². The molecule has 0 bridgehead atoms. The molecule has 2 aromatic carbocycles. The highest BCUT2D eigenvalue weighted by atomic mass is 16.5. The fourth-order valence-corrected chi connectivity index (χ4v) is 1.99. The monoisotopic (exact) mass is 300 g/mol. The molecule has 2 rings (SSSR count). The van der Waals surface area contributed by atoms with Crippen LogP contribution in [0.2, 0.25) is 0 Å². The summed E-state index contributed by atoms with van der Waals surface area (Å²) in [4.78, 5) is 11.3. The maximum Gasteiger partial charge on any atom is 0.339 e. The number of aromatic hydroxyl groups is 1. The van der Waals surface area contributed by atoms with Crippen LogP contribution in [0.25, 0.3) is 5.57 Å². The maximum absolute atomic E-state index is 11.3. The number of phenolic OH excluding ortho intramolecular Hbond substituents is 1. The third kappa shape index (κ3) is 3.79. The second-order valence-electron chi connectivity index (χ2n) is 4.52. The molecule has 0 aliphatic heterocycles. The molecule has 0 aliphatic rings. The Balaban J connectivity index is 2.25. The molecule has 2 N–H and O–H groups in total. The van der Waals surface area contributed by atoms with Gasteiger partial charge in [-0.15, -0.1) is 0 Å². The van der Waals surface area contributed by atoms with Gasteiger partial charge in [-0.2, -0.15) is 0 Å². The molecule has 22 heavy (non-hydrogen) atoms. The smallest absolute Gasteiger partial charge is 0.339 e. The van der Waals surface area contributed by atoms with E-state index in [1.165, 1.54) is 19.4 Å². The highest BCUT2D eigenvalue weighted by Crippen LogP contribution is 2.23. The van der Waals surface area contributed by atoms with E-state index in [1.807, 2.05) is 0 Å². The lowest BCUT2D eigenvalue weighted by molar-refractivity contribution is -0.130. The van der Waals surface area contributed by atoms with E-state index < -0.39 is 5.97 Å². The first kappa shape index (κ1) is 15.4. The Morgan fingerprint density at radius 3 is 2.64 bits per heavy atom. The molecule has 0 unspecified atom stereocenters. The van der Waals surface area contributed by atoms with Crippen molar-refractivity contribution in [1.29, 1.82) is 0 Å². The topological polar surface area (TPSA) is 76.0 Å². The van der Waals surface area contributed by atoms with Crippen LogP contribution < -0.4 is 4.74 Å². The maximum atomic E-state index is 11.3. The average Bonchev–Trinajstić information content (AvgIpc) is 2.51. The number of benzene rings is 2. The van der Waals surface area contributed by atoms with Crippen molar-refractivity contribution in [3.63, 3.8) is 0 Å². The Morgan fingerprint density at radius 2 is 1.95 bits per heavy atom. The third-order valence-electron chi connectivity index (χ3n) is 2.99. The largest absolute Gasteiger partial charge is 0.508 e. The normalized spacial score (nSPS) is 11.0. The van der Waals surface area contributed by atoms with Crippen LogP contribution in [0.3, 0.4) is 0 Å². The fourth-order valence-electron chi connectivity index (χ4n) is 1.99. The van der Waals surface area contributed by atoms with Gasteiger partial charge in [-0.1, -0.05) is 30.3 Å². The molecule has 0 heterocycles. The van der Waals surface area contributed by atoms with Crippen molar-refractivity contribution in [2.45, 2.75) is 6.61 Å². The van der Waals surface area contributed by atoms with Gasteiger partial charge in [0.1, 0.15) is 23.7 Å². The highest BCUT2D eigenvalue weighted by Gasteiger charge is 2.15. The number of rotatable bonds is 6. The van der Waals surface area contributed by atoms with E-state index in [2.05, 4.69) is 0 Å². The van der Waals surface area contributed by atoms with Gasteiger partial charge >= 0.3 is 5.97 Å². The minimum absolute atomic E-state index is 0.0533. The third-order valence-corrected chi connectivity index (χ3v) is 2.99. The molecular weight excluding hydrogens is 284 g/mol. The van der Waals surface area contributed by atoms with Crippen LogP contribution in [0.5, 0.6) is 11.5 Å². The molecule has 2 aromatic rings. The summed E-state index contributed by atoms with van der Waals surface area (Å²) in [6, 6.07) is 13.5. The Bertz CT molecular complexity index is 691. The zero-order chi connectivity index (χ0) is 15.9. The van der Waals surface area contributed by atoms with Crippen LogP contribution in [-0.4, -0.2) is 23.3 Å². The Labute approximate surface area is 128 Å². The number of carboxylic acid groups (broad SMARTS) is 1. The number of carbonyl (C=O) groups is 1. The highest BCUT2D eigenvalue weighted by molar-refractivity contribution is 6.15. The molecule has 0 amide bonds. The molecule has 0 saturated carbocycles. The van der Waals surface area contributed by atoms with Crippen molar-refractivity contribution in [2.24, 2.45) is 0 Å². The van der Waals surface area contributed by atoms with Crippen LogP contribution in [0.15, 0.2) is 54.8 Å². The molecule has 0 fully saturated rings. The molecule has 0 spiro atoms. The van der Waals surface area contributed by atoms with E-state index in [0.717, 1.165) is 0 Å². The Morgan fingerprint density at radius 1 is 1.18 bits per heavy atom. The first-order valence-electron chi connectivity index (χ1n) is 6.58. The molecule has 114 valence electrons. The number of aliphatic carboxylic acids is 1. The van der Waals surface area contributed by atoms with E-state index >= 15 is 0 Å².